The van der Waals surface area contributed by atoms with Crippen LogP contribution in [0.2, 0.25) is 0 Å². The number of carbonyl (C=O) groups excluding carboxylic acids is 1. The van der Waals surface area contributed by atoms with E-state index < -0.39 is 0 Å². The van der Waals surface area contributed by atoms with Crippen molar-refractivity contribution < 1.29 is 9.53 Å². The first kappa shape index (κ1) is 22.0. The second-order valence-corrected chi connectivity index (χ2v) is 8.87. The molecule has 0 atom stereocenters. The molecule has 8 heteroatoms. The molecule has 4 heterocycles. The zero-order chi connectivity index (χ0) is 23.5. The molecular formula is C26H28N6O2. The van der Waals surface area contributed by atoms with Crippen LogP contribution in [0.5, 0.6) is 11.6 Å². The summed E-state index contributed by atoms with van der Waals surface area (Å²) in [4.78, 5) is 25.8. The third-order valence-corrected chi connectivity index (χ3v) is 6.05. The van der Waals surface area contributed by atoms with Crippen LogP contribution < -0.4 is 4.74 Å². The molecule has 174 valence electrons. The lowest BCUT2D eigenvalue weighted by molar-refractivity contribution is -0.136. The Morgan fingerprint density at radius 2 is 1.91 bits per heavy atom. The minimum Gasteiger partial charge on any atom is -0.439 e. The van der Waals surface area contributed by atoms with E-state index in [-0.39, 0.29) is 11.8 Å². The molecule has 8 nitrogen and oxygen atoms in total. The summed E-state index contributed by atoms with van der Waals surface area (Å²) in [6.45, 7) is 8.00. The minimum absolute atomic E-state index is 0.0553. The van der Waals surface area contributed by atoms with Gasteiger partial charge in [-0.05, 0) is 36.4 Å². The van der Waals surface area contributed by atoms with Crippen molar-refractivity contribution in [1.29, 1.82) is 0 Å². The predicted octanol–water partition coefficient (Wildman–Crippen LogP) is 4.11. The van der Waals surface area contributed by atoms with Gasteiger partial charge in [0.2, 0.25) is 11.8 Å². The molecule has 5 rings (SSSR count). The van der Waals surface area contributed by atoms with Crippen molar-refractivity contribution >= 4 is 16.8 Å². The number of H-pyrrole nitrogens is 1. The summed E-state index contributed by atoms with van der Waals surface area (Å²) in [5.74, 6) is 1.54. The summed E-state index contributed by atoms with van der Waals surface area (Å²) in [6, 6.07) is 15.7. The Hall–Kier alpha value is -3.78. The van der Waals surface area contributed by atoms with Crippen molar-refractivity contribution in [3.05, 3.63) is 66.6 Å². The summed E-state index contributed by atoms with van der Waals surface area (Å²) in [6.07, 6.45) is 3.47. The molecule has 0 unspecified atom stereocenters. The molecule has 34 heavy (non-hydrogen) atoms. The van der Waals surface area contributed by atoms with Gasteiger partial charge in [-0.1, -0.05) is 19.9 Å². The molecule has 1 fully saturated rings. The van der Waals surface area contributed by atoms with Crippen molar-refractivity contribution in [3.8, 4) is 22.9 Å². The molecule has 3 aromatic heterocycles. The number of nitrogens with one attached hydrogen (secondary N) is 1. The van der Waals surface area contributed by atoms with Crippen LogP contribution in [0.15, 0.2) is 60.9 Å². The number of benzene rings is 1. The van der Waals surface area contributed by atoms with Gasteiger partial charge in [0.25, 0.3) is 0 Å². The van der Waals surface area contributed by atoms with Crippen LogP contribution in [-0.4, -0.2) is 62.1 Å². The van der Waals surface area contributed by atoms with Gasteiger partial charge in [-0.2, -0.15) is 5.10 Å². The maximum atomic E-state index is 12.2. The highest BCUT2D eigenvalue weighted by atomic mass is 16.5. The molecule has 0 saturated carbocycles. The SMILES string of the molecule is CC(C)C(=O)N1CCN(Cc2ccc3cc(Oc4ccc(-c5ccn[nH]5)cn4)ccc3n2)CC1. The smallest absolute Gasteiger partial charge is 0.225 e. The monoisotopic (exact) mass is 456 g/mol. The molecule has 0 spiro atoms. The summed E-state index contributed by atoms with van der Waals surface area (Å²) < 4.78 is 5.95. The van der Waals surface area contributed by atoms with Gasteiger partial charge >= 0.3 is 0 Å². The van der Waals surface area contributed by atoms with Crippen LogP contribution in [0.1, 0.15) is 19.5 Å². The van der Waals surface area contributed by atoms with E-state index in [0.29, 0.717) is 5.88 Å². The molecule has 4 aromatic rings. The molecule has 0 aliphatic carbocycles. The van der Waals surface area contributed by atoms with E-state index in [1.54, 1.807) is 12.4 Å². The van der Waals surface area contributed by atoms with Crippen LogP contribution in [0.4, 0.5) is 0 Å². The largest absolute Gasteiger partial charge is 0.439 e. The summed E-state index contributed by atoms with van der Waals surface area (Å²) >= 11 is 0. The number of aromatic nitrogens is 4. The van der Waals surface area contributed by atoms with Crippen LogP contribution in [0.25, 0.3) is 22.2 Å². The first-order valence-corrected chi connectivity index (χ1v) is 11.6. The normalized spacial score (nSPS) is 14.6. The maximum Gasteiger partial charge on any atom is 0.225 e. The van der Waals surface area contributed by atoms with Crippen LogP contribution in [0, 0.1) is 5.92 Å². The molecule has 0 bridgehead atoms. The summed E-state index contributed by atoms with van der Waals surface area (Å²) in [7, 11) is 0. The zero-order valence-electron chi connectivity index (χ0n) is 19.4. The third kappa shape index (κ3) is 4.92. The Bertz CT molecular complexity index is 1260. The minimum atomic E-state index is 0.0553. The highest BCUT2D eigenvalue weighted by Crippen LogP contribution is 2.26. The standard InChI is InChI=1S/C26H28N6O2/c1-18(2)26(33)32-13-11-31(12-14-32)17-21-5-3-19-15-22(6-7-23(19)29-21)34-25-8-4-20(16-27-25)24-9-10-28-30-24/h3-10,15-16,18H,11-14,17H2,1-2H3,(H,28,30). The summed E-state index contributed by atoms with van der Waals surface area (Å²) in [5.41, 5.74) is 3.83. The number of fused-ring (bicyclic) bond motifs is 1. The Morgan fingerprint density at radius 1 is 1.06 bits per heavy atom. The number of carbonyl (C=O) groups is 1. The predicted molar refractivity (Wildman–Crippen MR) is 130 cm³/mol. The number of piperazine rings is 1. The van der Waals surface area contributed by atoms with Crippen LogP contribution >= 0.6 is 0 Å². The molecule has 1 N–H and O–H groups in total. The number of hydrogen-bond acceptors (Lipinski definition) is 6. The van der Waals surface area contributed by atoms with Crippen LogP contribution in [0.3, 0.4) is 0 Å². The number of aromatic amines is 1. The number of amides is 1. The van der Waals surface area contributed by atoms with E-state index in [9.17, 15) is 4.79 Å². The Kier molecular flexibility index (Phi) is 6.22. The molecule has 1 saturated heterocycles. The Balaban J connectivity index is 1.21. The third-order valence-electron chi connectivity index (χ3n) is 6.05. The molecule has 1 aromatic carbocycles. The van der Waals surface area contributed by atoms with Gasteiger partial charge in [0.1, 0.15) is 5.75 Å². The first-order valence-electron chi connectivity index (χ1n) is 11.6. The second kappa shape index (κ2) is 9.61. The topological polar surface area (TPSA) is 87.2 Å². The lowest BCUT2D eigenvalue weighted by atomic mass is 10.1. The fraction of sp³-hybridized carbons (Fsp3) is 0.308. The van der Waals surface area contributed by atoms with Gasteiger partial charge < -0.3 is 9.64 Å². The Labute approximate surface area is 198 Å². The molecular weight excluding hydrogens is 428 g/mol. The number of rotatable bonds is 6. The quantitative estimate of drug-likeness (QED) is 0.470. The first-order chi connectivity index (χ1) is 16.5. The number of ether oxygens (including phenoxy) is 1. The average molecular weight is 457 g/mol. The van der Waals surface area contributed by atoms with Gasteiger partial charge in [0, 0.05) is 68.1 Å². The fourth-order valence-corrected chi connectivity index (χ4v) is 4.16. The van der Waals surface area contributed by atoms with Crippen molar-refractivity contribution in [2.24, 2.45) is 5.92 Å². The van der Waals surface area contributed by atoms with Crippen molar-refractivity contribution in [3.63, 3.8) is 0 Å². The fourth-order valence-electron chi connectivity index (χ4n) is 4.16. The second-order valence-electron chi connectivity index (χ2n) is 8.87. The highest BCUT2D eigenvalue weighted by Gasteiger charge is 2.23. The van der Waals surface area contributed by atoms with Crippen LogP contribution in [-0.2, 0) is 11.3 Å². The Morgan fingerprint density at radius 3 is 2.62 bits per heavy atom. The number of hydrogen-bond donors (Lipinski definition) is 1. The van der Waals surface area contributed by atoms with Crippen molar-refractivity contribution in [1.82, 2.24) is 30.0 Å². The van der Waals surface area contributed by atoms with E-state index in [4.69, 9.17) is 9.72 Å². The molecule has 1 aliphatic heterocycles. The van der Waals surface area contributed by atoms with E-state index in [1.165, 1.54) is 0 Å². The van der Waals surface area contributed by atoms with Gasteiger partial charge in [-0.3, -0.25) is 19.8 Å². The lowest BCUT2D eigenvalue weighted by Crippen LogP contribution is -2.49. The molecule has 1 aliphatic rings. The van der Waals surface area contributed by atoms with E-state index in [2.05, 4.69) is 32.2 Å². The van der Waals surface area contributed by atoms with E-state index >= 15 is 0 Å². The lowest BCUT2D eigenvalue weighted by Gasteiger charge is -2.35. The molecule has 1 amide bonds. The zero-order valence-corrected chi connectivity index (χ0v) is 19.4. The van der Waals surface area contributed by atoms with Crippen molar-refractivity contribution in [2.75, 3.05) is 26.2 Å². The molecule has 0 radical (unpaired) electrons. The summed E-state index contributed by atoms with van der Waals surface area (Å²) in [5, 5.41) is 7.91. The average Bonchev–Trinajstić information content (AvgIpc) is 3.40. The van der Waals surface area contributed by atoms with E-state index in [1.807, 2.05) is 55.1 Å². The van der Waals surface area contributed by atoms with E-state index in [0.717, 1.165) is 66.3 Å². The van der Waals surface area contributed by atoms with Gasteiger partial charge in [0.15, 0.2) is 0 Å². The highest BCUT2D eigenvalue weighted by molar-refractivity contribution is 5.80. The van der Waals surface area contributed by atoms with Gasteiger partial charge in [-0.25, -0.2) is 4.98 Å². The van der Waals surface area contributed by atoms with Gasteiger partial charge in [-0.15, -0.1) is 0 Å². The number of pyridine rings is 2. The van der Waals surface area contributed by atoms with Crippen molar-refractivity contribution in [2.45, 2.75) is 20.4 Å². The number of nitrogens with zero attached hydrogens (tertiary/aromatic N) is 5. The maximum absolute atomic E-state index is 12.2. The van der Waals surface area contributed by atoms with Gasteiger partial charge in [0.05, 0.1) is 16.9 Å².